The first-order valence-electron chi connectivity index (χ1n) is 6.68. The average Bonchev–Trinajstić information content (AvgIpc) is 2.98. The summed E-state index contributed by atoms with van der Waals surface area (Å²) in [6, 6.07) is 0. The van der Waals surface area contributed by atoms with Crippen LogP contribution in [-0.2, 0) is 10.2 Å². The second kappa shape index (κ2) is 6.19. The van der Waals surface area contributed by atoms with Crippen LogP contribution in [0.2, 0.25) is 0 Å². The number of carbonyl (C=O) groups excluding carboxylic acids is 1. The highest BCUT2D eigenvalue weighted by atomic mass is 32.2. The van der Waals surface area contributed by atoms with E-state index in [-0.39, 0.29) is 11.3 Å². The summed E-state index contributed by atoms with van der Waals surface area (Å²) in [4.78, 5) is 17.6. The van der Waals surface area contributed by atoms with Gasteiger partial charge in [0, 0.05) is 11.1 Å². The molecule has 5 nitrogen and oxygen atoms in total. The molecular weight excluding hydrogens is 304 g/mol. The molecule has 0 aromatic carbocycles. The number of nitrogens with one attached hydrogen (secondary N) is 2. The Morgan fingerprint density at radius 1 is 1.43 bits per heavy atom. The second-order valence-corrected chi connectivity index (χ2v) is 8.14. The summed E-state index contributed by atoms with van der Waals surface area (Å²) in [5.41, 5.74) is 2.55. The molecule has 2 aromatic rings. The fraction of sp³-hybridized carbons (Fsp3) is 0.500. The molecule has 2 heterocycles. The van der Waals surface area contributed by atoms with Crippen molar-refractivity contribution >= 4 is 34.7 Å². The van der Waals surface area contributed by atoms with E-state index in [1.165, 1.54) is 16.6 Å². The predicted octanol–water partition coefficient (Wildman–Crippen LogP) is 3.51. The van der Waals surface area contributed by atoms with Crippen molar-refractivity contribution < 1.29 is 4.79 Å². The summed E-state index contributed by atoms with van der Waals surface area (Å²) in [7, 11) is 0. The smallest absolute Gasteiger partial charge is 0.234 e. The van der Waals surface area contributed by atoms with Crippen LogP contribution in [0, 0.1) is 13.8 Å². The Hall–Kier alpha value is -1.34. The normalized spacial score (nSPS) is 11.7. The third-order valence-electron chi connectivity index (χ3n) is 2.94. The van der Waals surface area contributed by atoms with Gasteiger partial charge in [-0.05, 0) is 19.3 Å². The Morgan fingerprint density at radius 3 is 2.67 bits per heavy atom. The Bertz CT molecular complexity index is 620. The van der Waals surface area contributed by atoms with Crippen molar-refractivity contribution in [1.82, 2.24) is 15.2 Å². The monoisotopic (exact) mass is 324 g/mol. The minimum Gasteiger partial charge on any atom is -0.322 e. The van der Waals surface area contributed by atoms with Crippen LogP contribution in [0.25, 0.3) is 0 Å². The Kier molecular flexibility index (Phi) is 4.73. The quantitative estimate of drug-likeness (QED) is 0.844. The number of carbonyl (C=O) groups is 1. The zero-order valence-electron chi connectivity index (χ0n) is 12.9. The zero-order chi connectivity index (χ0) is 15.6. The van der Waals surface area contributed by atoms with E-state index in [0.717, 1.165) is 21.4 Å². The van der Waals surface area contributed by atoms with E-state index in [2.05, 4.69) is 41.3 Å². The molecule has 0 saturated heterocycles. The standard InChI is InChI=1S/C14H20N4OS2/c1-8-12(9(2)18-17-8)16-11(19)7-20-13-15-6-10(21-13)14(3,4)5/h6H,7H2,1-5H3,(H,16,19)(H,17,18). The summed E-state index contributed by atoms with van der Waals surface area (Å²) < 4.78 is 0.927. The Balaban J connectivity index is 1.91. The van der Waals surface area contributed by atoms with Crippen LogP contribution in [-0.4, -0.2) is 26.8 Å². The van der Waals surface area contributed by atoms with Gasteiger partial charge in [0.25, 0.3) is 0 Å². The molecule has 0 saturated carbocycles. The summed E-state index contributed by atoms with van der Waals surface area (Å²) in [5, 5.41) is 9.80. The number of hydrogen-bond acceptors (Lipinski definition) is 5. The third-order valence-corrected chi connectivity index (χ3v) is 5.52. The highest BCUT2D eigenvalue weighted by Crippen LogP contribution is 2.32. The van der Waals surface area contributed by atoms with E-state index >= 15 is 0 Å². The molecule has 1 amide bonds. The molecule has 0 fully saturated rings. The topological polar surface area (TPSA) is 70.7 Å². The predicted molar refractivity (Wildman–Crippen MR) is 88.2 cm³/mol. The largest absolute Gasteiger partial charge is 0.322 e. The van der Waals surface area contributed by atoms with Crippen LogP contribution in [0.3, 0.4) is 0 Å². The number of hydrogen-bond donors (Lipinski definition) is 2. The molecule has 2 aromatic heterocycles. The van der Waals surface area contributed by atoms with Crippen molar-refractivity contribution in [2.75, 3.05) is 11.1 Å². The summed E-state index contributed by atoms with van der Waals surface area (Å²) in [5.74, 6) is 0.307. The van der Waals surface area contributed by atoms with Crippen LogP contribution < -0.4 is 5.32 Å². The molecule has 0 unspecified atom stereocenters. The van der Waals surface area contributed by atoms with Gasteiger partial charge in [-0.2, -0.15) is 5.10 Å². The van der Waals surface area contributed by atoms with Crippen LogP contribution in [0.4, 0.5) is 5.69 Å². The molecule has 2 N–H and O–H groups in total. The summed E-state index contributed by atoms with van der Waals surface area (Å²) >= 11 is 3.11. The number of aromatic nitrogens is 3. The summed E-state index contributed by atoms with van der Waals surface area (Å²) in [6.45, 7) is 10.2. The molecule has 0 aliphatic rings. The maximum Gasteiger partial charge on any atom is 0.234 e. The van der Waals surface area contributed by atoms with Gasteiger partial charge in [-0.3, -0.25) is 9.89 Å². The number of nitrogens with zero attached hydrogens (tertiary/aromatic N) is 2. The van der Waals surface area contributed by atoms with E-state index in [4.69, 9.17) is 0 Å². The summed E-state index contributed by atoms with van der Waals surface area (Å²) in [6.07, 6.45) is 1.90. The van der Waals surface area contributed by atoms with E-state index in [9.17, 15) is 4.79 Å². The molecule has 0 aliphatic carbocycles. The number of aryl methyl sites for hydroxylation is 2. The van der Waals surface area contributed by atoms with Gasteiger partial charge >= 0.3 is 0 Å². The molecular formula is C14H20N4OS2. The second-order valence-electron chi connectivity index (χ2n) is 5.89. The SMILES string of the molecule is Cc1n[nH]c(C)c1NC(=O)CSc1ncc(C(C)(C)C)s1. The Labute approximate surface area is 132 Å². The molecule has 2 rings (SSSR count). The molecule has 0 atom stereocenters. The van der Waals surface area contributed by atoms with Gasteiger partial charge in [0.1, 0.15) is 0 Å². The number of anilines is 1. The maximum atomic E-state index is 12.0. The van der Waals surface area contributed by atoms with Crippen molar-refractivity contribution in [2.45, 2.75) is 44.4 Å². The molecule has 21 heavy (non-hydrogen) atoms. The third kappa shape index (κ3) is 4.07. The van der Waals surface area contributed by atoms with Crippen LogP contribution in [0.1, 0.15) is 37.0 Å². The zero-order valence-corrected chi connectivity index (χ0v) is 14.5. The minimum atomic E-state index is -0.0416. The number of rotatable bonds is 4. The van der Waals surface area contributed by atoms with Crippen LogP contribution in [0.5, 0.6) is 0 Å². The Morgan fingerprint density at radius 2 is 2.14 bits per heavy atom. The number of thioether (sulfide) groups is 1. The highest BCUT2D eigenvalue weighted by molar-refractivity contribution is 8.01. The lowest BCUT2D eigenvalue weighted by atomic mass is 9.96. The van der Waals surface area contributed by atoms with Gasteiger partial charge in [-0.15, -0.1) is 11.3 Å². The van der Waals surface area contributed by atoms with Gasteiger partial charge in [-0.25, -0.2) is 4.98 Å². The molecule has 0 bridgehead atoms. The first-order chi connectivity index (χ1) is 9.77. The van der Waals surface area contributed by atoms with Crippen molar-refractivity contribution in [2.24, 2.45) is 0 Å². The number of H-pyrrole nitrogens is 1. The molecule has 0 aliphatic heterocycles. The van der Waals surface area contributed by atoms with Crippen molar-refractivity contribution in [1.29, 1.82) is 0 Å². The van der Waals surface area contributed by atoms with E-state index in [1.807, 2.05) is 20.0 Å². The fourth-order valence-electron chi connectivity index (χ4n) is 1.71. The lowest BCUT2D eigenvalue weighted by Crippen LogP contribution is -2.14. The molecule has 0 radical (unpaired) electrons. The number of thiazole rings is 1. The maximum absolute atomic E-state index is 12.0. The van der Waals surface area contributed by atoms with Crippen LogP contribution in [0.15, 0.2) is 10.5 Å². The minimum absolute atomic E-state index is 0.0416. The molecule has 7 heteroatoms. The van der Waals surface area contributed by atoms with Gasteiger partial charge in [0.2, 0.25) is 5.91 Å². The number of amides is 1. The van der Waals surface area contributed by atoms with Crippen molar-refractivity contribution in [3.63, 3.8) is 0 Å². The van der Waals surface area contributed by atoms with Gasteiger partial charge < -0.3 is 5.32 Å². The number of aromatic amines is 1. The fourth-order valence-corrected chi connectivity index (χ4v) is 3.55. The van der Waals surface area contributed by atoms with E-state index in [1.54, 1.807) is 11.3 Å². The van der Waals surface area contributed by atoms with E-state index < -0.39 is 0 Å². The van der Waals surface area contributed by atoms with E-state index in [0.29, 0.717) is 5.75 Å². The lowest BCUT2D eigenvalue weighted by Gasteiger charge is -2.14. The average molecular weight is 324 g/mol. The van der Waals surface area contributed by atoms with Gasteiger partial charge in [0.05, 0.1) is 22.8 Å². The van der Waals surface area contributed by atoms with Crippen LogP contribution >= 0.6 is 23.1 Å². The molecule has 114 valence electrons. The van der Waals surface area contributed by atoms with Crippen molar-refractivity contribution in [3.8, 4) is 0 Å². The van der Waals surface area contributed by atoms with Gasteiger partial charge in [-0.1, -0.05) is 32.5 Å². The highest BCUT2D eigenvalue weighted by Gasteiger charge is 2.18. The molecule has 0 spiro atoms. The first-order valence-corrected chi connectivity index (χ1v) is 8.48. The van der Waals surface area contributed by atoms with Crippen molar-refractivity contribution in [3.05, 3.63) is 22.5 Å². The lowest BCUT2D eigenvalue weighted by molar-refractivity contribution is -0.113. The first kappa shape index (κ1) is 16.0. The van der Waals surface area contributed by atoms with Gasteiger partial charge in [0.15, 0.2) is 4.34 Å².